The van der Waals surface area contributed by atoms with Crippen LogP contribution in [0.5, 0.6) is 0 Å². The quantitative estimate of drug-likeness (QED) is 0.285. The van der Waals surface area contributed by atoms with Gasteiger partial charge in [0.1, 0.15) is 0 Å². The third-order valence-electron chi connectivity index (χ3n) is 5.32. The van der Waals surface area contributed by atoms with E-state index in [1.54, 1.807) is 0 Å². The zero-order valence-corrected chi connectivity index (χ0v) is 16.0. The van der Waals surface area contributed by atoms with Gasteiger partial charge in [-0.1, -0.05) is 74.4 Å². The minimum absolute atomic E-state index is 0.106. The Balaban J connectivity index is 1.84. The Labute approximate surface area is 160 Å². The van der Waals surface area contributed by atoms with E-state index < -0.39 is 0 Å². The summed E-state index contributed by atoms with van der Waals surface area (Å²) in [5.41, 5.74) is 3.97. The highest BCUT2D eigenvalue weighted by Gasteiger charge is 2.18. The molecule has 4 rings (SSSR count). The standard InChI is InChI=1S/C25H25NO/c1-3-4-7-15-26-17-23(21-14-13-18(2)16-24(21)26)25(27)22-12-8-10-19-9-5-6-11-20(19)22/h5-6,8-14,16-17H,3-4,7,15H2,1-2H3. The van der Waals surface area contributed by atoms with E-state index in [4.69, 9.17) is 0 Å². The normalized spacial score (nSPS) is 11.3. The van der Waals surface area contributed by atoms with E-state index >= 15 is 0 Å². The van der Waals surface area contributed by atoms with Crippen LogP contribution in [0, 0.1) is 6.92 Å². The van der Waals surface area contributed by atoms with Crippen LogP contribution in [-0.4, -0.2) is 10.4 Å². The van der Waals surface area contributed by atoms with Crippen LogP contribution in [0.25, 0.3) is 21.7 Å². The molecule has 2 heteroatoms. The zero-order chi connectivity index (χ0) is 18.8. The Morgan fingerprint density at radius 3 is 2.56 bits per heavy atom. The average molecular weight is 355 g/mol. The lowest BCUT2D eigenvalue weighted by atomic mass is 9.97. The number of benzene rings is 3. The number of rotatable bonds is 6. The molecular formula is C25H25NO. The second kappa shape index (κ2) is 7.40. The van der Waals surface area contributed by atoms with Gasteiger partial charge < -0.3 is 4.57 Å². The average Bonchev–Trinajstić information content (AvgIpc) is 3.05. The van der Waals surface area contributed by atoms with Crippen molar-refractivity contribution in [2.45, 2.75) is 39.7 Å². The van der Waals surface area contributed by atoms with Crippen LogP contribution in [0.3, 0.4) is 0 Å². The second-order valence-corrected chi connectivity index (χ2v) is 7.32. The van der Waals surface area contributed by atoms with Gasteiger partial charge in [-0.15, -0.1) is 0 Å². The van der Waals surface area contributed by atoms with Crippen LogP contribution < -0.4 is 0 Å². The number of unbranched alkanes of at least 4 members (excludes halogenated alkanes) is 2. The first-order chi connectivity index (χ1) is 13.2. The number of aryl methyl sites for hydroxylation is 2. The number of hydrogen-bond donors (Lipinski definition) is 0. The maximum absolute atomic E-state index is 13.5. The summed E-state index contributed by atoms with van der Waals surface area (Å²) in [4.78, 5) is 13.5. The molecule has 0 bridgehead atoms. The largest absolute Gasteiger partial charge is 0.347 e. The Bertz CT molecular complexity index is 1110. The first-order valence-electron chi connectivity index (χ1n) is 9.81. The number of carbonyl (C=O) groups is 1. The lowest BCUT2D eigenvalue weighted by molar-refractivity contribution is 0.104. The van der Waals surface area contributed by atoms with E-state index in [-0.39, 0.29) is 5.78 Å². The highest BCUT2D eigenvalue weighted by molar-refractivity contribution is 6.21. The molecule has 0 unspecified atom stereocenters. The molecule has 0 aliphatic carbocycles. The van der Waals surface area contributed by atoms with E-state index in [0.29, 0.717) is 0 Å². The van der Waals surface area contributed by atoms with E-state index in [2.05, 4.69) is 54.9 Å². The summed E-state index contributed by atoms with van der Waals surface area (Å²) in [5.74, 6) is 0.106. The minimum Gasteiger partial charge on any atom is -0.347 e. The van der Waals surface area contributed by atoms with Crippen LogP contribution in [-0.2, 0) is 6.54 Å². The Kier molecular flexibility index (Phi) is 4.81. The van der Waals surface area contributed by atoms with Gasteiger partial charge in [0.25, 0.3) is 0 Å². The first-order valence-corrected chi connectivity index (χ1v) is 9.81. The molecule has 1 heterocycles. The first kappa shape index (κ1) is 17.5. The van der Waals surface area contributed by atoms with E-state index in [0.717, 1.165) is 45.8 Å². The molecule has 0 saturated carbocycles. The molecule has 0 fully saturated rings. The molecule has 0 saturated heterocycles. The van der Waals surface area contributed by atoms with Crippen molar-refractivity contribution in [3.05, 3.63) is 83.6 Å². The molecule has 4 aromatic rings. The fourth-order valence-corrected chi connectivity index (χ4v) is 3.87. The summed E-state index contributed by atoms with van der Waals surface area (Å²) >= 11 is 0. The summed E-state index contributed by atoms with van der Waals surface area (Å²) in [5, 5.41) is 3.17. The molecule has 136 valence electrons. The van der Waals surface area contributed by atoms with Gasteiger partial charge in [0.2, 0.25) is 0 Å². The highest BCUT2D eigenvalue weighted by atomic mass is 16.1. The molecule has 0 amide bonds. The number of carbonyl (C=O) groups excluding carboxylic acids is 1. The maximum atomic E-state index is 13.5. The van der Waals surface area contributed by atoms with Crippen molar-refractivity contribution >= 4 is 27.5 Å². The molecule has 1 aromatic heterocycles. The molecule has 3 aromatic carbocycles. The van der Waals surface area contributed by atoms with Gasteiger partial charge in [-0.3, -0.25) is 4.79 Å². The molecule has 0 aliphatic heterocycles. The van der Waals surface area contributed by atoms with Crippen molar-refractivity contribution in [3.8, 4) is 0 Å². The number of fused-ring (bicyclic) bond motifs is 2. The molecule has 0 spiro atoms. The number of nitrogens with zero attached hydrogens (tertiary/aromatic N) is 1. The van der Waals surface area contributed by atoms with Crippen molar-refractivity contribution in [2.24, 2.45) is 0 Å². The number of ketones is 1. The van der Waals surface area contributed by atoms with Crippen molar-refractivity contribution < 1.29 is 4.79 Å². The fraction of sp³-hybridized carbons (Fsp3) is 0.240. The molecule has 27 heavy (non-hydrogen) atoms. The van der Waals surface area contributed by atoms with E-state index in [1.807, 2.05) is 30.3 Å². The predicted molar refractivity (Wildman–Crippen MR) is 114 cm³/mol. The minimum atomic E-state index is 0.106. The zero-order valence-electron chi connectivity index (χ0n) is 16.0. The van der Waals surface area contributed by atoms with Crippen LogP contribution in [0.4, 0.5) is 0 Å². The Morgan fingerprint density at radius 1 is 0.889 bits per heavy atom. The predicted octanol–water partition coefficient (Wildman–Crippen LogP) is 6.52. The van der Waals surface area contributed by atoms with Crippen molar-refractivity contribution in [3.63, 3.8) is 0 Å². The Morgan fingerprint density at radius 2 is 1.70 bits per heavy atom. The lowest BCUT2D eigenvalue weighted by Crippen LogP contribution is -2.02. The third kappa shape index (κ3) is 3.28. The van der Waals surface area contributed by atoms with E-state index in [1.165, 1.54) is 18.4 Å². The van der Waals surface area contributed by atoms with Gasteiger partial charge in [0, 0.05) is 34.8 Å². The summed E-state index contributed by atoms with van der Waals surface area (Å²) in [6, 6.07) is 20.5. The second-order valence-electron chi connectivity index (χ2n) is 7.32. The van der Waals surface area contributed by atoms with Gasteiger partial charge in [-0.05, 0) is 35.7 Å². The summed E-state index contributed by atoms with van der Waals surface area (Å²) < 4.78 is 2.26. The van der Waals surface area contributed by atoms with Gasteiger partial charge in [0.05, 0.1) is 0 Å². The molecule has 0 atom stereocenters. The van der Waals surface area contributed by atoms with Crippen molar-refractivity contribution in [1.29, 1.82) is 0 Å². The molecular weight excluding hydrogens is 330 g/mol. The van der Waals surface area contributed by atoms with Crippen molar-refractivity contribution in [2.75, 3.05) is 0 Å². The van der Waals surface area contributed by atoms with Gasteiger partial charge in [-0.2, -0.15) is 0 Å². The van der Waals surface area contributed by atoms with Crippen LogP contribution in [0.1, 0.15) is 47.7 Å². The number of aromatic nitrogens is 1. The van der Waals surface area contributed by atoms with Crippen molar-refractivity contribution in [1.82, 2.24) is 4.57 Å². The molecule has 0 N–H and O–H groups in total. The molecule has 0 radical (unpaired) electrons. The molecule has 0 aliphatic rings. The van der Waals surface area contributed by atoms with Crippen LogP contribution >= 0.6 is 0 Å². The van der Waals surface area contributed by atoms with Crippen LogP contribution in [0.2, 0.25) is 0 Å². The van der Waals surface area contributed by atoms with Gasteiger partial charge in [0.15, 0.2) is 5.78 Å². The summed E-state index contributed by atoms with van der Waals surface area (Å²) in [6.07, 6.45) is 5.60. The van der Waals surface area contributed by atoms with Gasteiger partial charge in [-0.25, -0.2) is 0 Å². The monoisotopic (exact) mass is 355 g/mol. The maximum Gasteiger partial charge on any atom is 0.195 e. The molecule has 2 nitrogen and oxygen atoms in total. The number of hydrogen-bond acceptors (Lipinski definition) is 1. The van der Waals surface area contributed by atoms with Crippen LogP contribution in [0.15, 0.2) is 66.9 Å². The fourth-order valence-electron chi connectivity index (χ4n) is 3.87. The Hall–Kier alpha value is -2.87. The highest BCUT2D eigenvalue weighted by Crippen LogP contribution is 2.28. The third-order valence-corrected chi connectivity index (χ3v) is 5.32. The lowest BCUT2D eigenvalue weighted by Gasteiger charge is -2.05. The van der Waals surface area contributed by atoms with Gasteiger partial charge >= 0.3 is 0 Å². The topological polar surface area (TPSA) is 22.0 Å². The summed E-state index contributed by atoms with van der Waals surface area (Å²) in [6.45, 7) is 5.28. The summed E-state index contributed by atoms with van der Waals surface area (Å²) in [7, 11) is 0. The SMILES string of the molecule is CCCCCn1cc(C(=O)c2cccc3ccccc23)c2ccc(C)cc21. The van der Waals surface area contributed by atoms with E-state index in [9.17, 15) is 4.79 Å². The smallest absolute Gasteiger partial charge is 0.195 e.